The maximum Gasteiger partial charge on any atom is 0.160 e. The number of rotatable bonds is 0. The van der Waals surface area contributed by atoms with Crippen molar-refractivity contribution in [2.75, 3.05) is 0 Å². The molecule has 0 aromatic carbocycles. The van der Waals surface area contributed by atoms with E-state index in [0.29, 0.717) is 5.39 Å². The first-order chi connectivity index (χ1) is 5.33. The Morgan fingerprint density at radius 1 is 1.55 bits per heavy atom. The van der Waals surface area contributed by atoms with Crippen molar-refractivity contribution >= 4 is 32.1 Å². The maximum atomic E-state index is 13.1. The van der Waals surface area contributed by atoms with Gasteiger partial charge in [-0.15, -0.1) is 22.7 Å². The van der Waals surface area contributed by atoms with Crippen LogP contribution in [-0.2, 0) is 0 Å². The summed E-state index contributed by atoms with van der Waals surface area (Å²) in [5.74, 6) is -0.367. The van der Waals surface area contributed by atoms with Crippen LogP contribution in [0.15, 0.2) is 11.4 Å². The fourth-order valence-corrected chi connectivity index (χ4v) is 2.79. The molecule has 2 rings (SSSR count). The van der Waals surface area contributed by atoms with Crippen molar-refractivity contribution in [2.45, 2.75) is 0 Å². The normalized spacial score (nSPS) is 10.2. The van der Waals surface area contributed by atoms with Gasteiger partial charge in [-0.3, -0.25) is 0 Å². The molecule has 0 aliphatic heterocycles. The first-order valence-electron chi connectivity index (χ1n) is 2.88. The van der Waals surface area contributed by atoms with E-state index in [9.17, 15) is 4.39 Å². The first-order valence-corrected chi connectivity index (χ1v) is 4.58. The molecule has 0 saturated heterocycles. The summed E-state index contributed by atoms with van der Waals surface area (Å²) in [5.41, 5.74) is 0. The number of fused-ring (bicyclic) bond motifs is 1. The zero-order valence-corrected chi connectivity index (χ0v) is 6.93. The maximum absolute atomic E-state index is 13.1. The zero-order valence-electron chi connectivity index (χ0n) is 5.30. The van der Waals surface area contributed by atoms with Gasteiger partial charge in [0.1, 0.15) is 10.9 Å². The molecule has 2 aromatic rings. The number of hydrogen-bond acceptors (Lipinski definition) is 3. The van der Waals surface area contributed by atoms with Crippen molar-refractivity contribution < 1.29 is 4.39 Å². The van der Waals surface area contributed by atoms with Crippen LogP contribution in [0.25, 0.3) is 9.40 Å². The van der Waals surface area contributed by atoms with Crippen molar-refractivity contribution in [2.24, 2.45) is 0 Å². The van der Waals surface area contributed by atoms with E-state index in [1.54, 1.807) is 6.07 Å². The molecule has 0 aliphatic carbocycles. The van der Waals surface area contributed by atoms with Crippen molar-refractivity contribution in [3.63, 3.8) is 0 Å². The molecule has 0 aliphatic rings. The Balaban J connectivity index is 2.90. The highest BCUT2D eigenvalue weighted by atomic mass is 32.2. The van der Waals surface area contributed by atoms with E-state index in [0.717, 1.165) is 4.01 Å². The van der Waals surface area contributed by atoms with Gasteiger partial charge in [0, 0.05) is 5.39 Å². The molecule has 0 fully saturated rings. The number of halogens is 1. The van der Waals surface area contributed by atoms with Crippen LogP contribution in [0.1, 0.15) is 4.88 Å². The predicted octanol–water partition coefficient (Wildman–Crippen LogP) is 2.97. The standard InChI is InChI=1S/C7H2FNS2/c8-6-4-1-2-10-7(4)11-5(6)3-9/h1-2H. The number of nitrogens with zero attached hydrogens (tertiary/aromatic N) is 1. The molecule has 54 valence electrons. The third kappa shape index (κ3) is 0.854. The summed E-state index contributed by atoms with van der Waals surface area (Å²) in [7, 11) is 0. The third-order valence-electron chi connectivity index (χ3n) is 1.36. The Bertz CT molecular complexity index is 435. The first kappa shape index (κ1) is 6.77. The van der Waals surface area contributed by atoms with Crippen LogP contribution in [0.3, 0.4) is 0 Å². The minimum absolute atomic E-state index is 0.187. The second-order valence-electron chi connectivity index (χ2n) is 1.98. The van der Waals surface area contributed by atoms with E-state index in [2.05, 4.69) is 0 Å². The molecule has 0 bridgehead atoms. The lowest BCUT2D eigenvalue weighted by Gasteiger charge is -1.76. The quantitative estimate of drug-likeness (QED) is 0.616. The highest BCUT2D eigenvalue weighted by molar-refractivity contribution is 7.37. The number of thiophene rings is 2. The average Bonchev–Trinajstić information content (AvgIpc) is 2.53. The Morgan fingerprint density at radius 3 is 3.00 bits per heavy atom. The third-order valence-corrected chi connectivity index (χ3v) is 3.49. The SMILES string of the molecule is N#Cc1sc2sccc2c1F. The Morgan fingerprint density at radius 2 is 2.36 bits per heavy atom. The van der Waals surface area contributed by atoms with E-state index in [-0.39, 0.29) is 10.7 Å². The zero-order chi connectivity index (χ0) is 7.84. The molecule has 0 amide bonds. The van der Waals surface area contributed by atoms with Gasteiger partial charge in [0.25, 0.3) is 0 Å². The summed E-state index contributed by atoms with van der Waals surface area (Å²) in [6.07, 6.45) is 0. The van der Waals surface area contributed by atoms with Crippen LogP contribution in [0.2, 0.25) is 0 Å². The number of hydrogen-bond donors (Lipinski definition) is 0. The largest absolute Gasteiger partial charge is 0.204 e. The summed E-state index contributed by atoms with van der Waals surface area (Å²) in [6, 6.07) is 3.52. The Labute approximate surface area is 70.3 Å². The summed E-state index contributed by atoms with van der Waals surface area (Å²) >= 11 is 2.68. The lowest BCUT2D eigenvalue weighted by molar-refractivity contribution is 0.641. The van der Waals surface area contributed by atoms with Crippen molar-refractivity contribution in [3.05, 3.63) is 22.1 Å². The molecular formula is C7H2FNS2. The topological polar surface area (TPSA) is 23.8 Å². The molecule has 11 heavy (non-hydrogen) atoms. The van der Waals surface area contributed by atoms with Crippen molar-refractivity contribution in [3.8, 4) is 6.07 Å². The Kier molecular flexibility index (Phi) is 1.41. The van der Waals surface area contributed by atoms with Crippen LogP contribution in [0.5, 0.6) is 0 Å². The van der Waals surface area contributed by atoms with Gasteiger partial charge in [-0.05, 0) is 11.4 Å². The second-order valence-corrected chi connectivity index (χ2v) is 4.17. The molecule has 0 saturated carbocycles. The van der Waals surface area contributed by atoms with E-state index in [1.165, 1.54) is 22.7 Å². The Hall–Kier alpha value is -0.920. The fourth-order valence-electron chi connectivity index (χ4n) is 0.869. The molecule has 2 aromatic heterocycles. The number of nitriles is 1. The van der Waals surface area contributed by atoms with Crippen LogP contribution >= 0.6 is 22.7 Å². The highest BCUT2D eigenvalue weighted by Crippen LogP contribution is 2.33. The summed E-state index contributed by atoms with van der Waals surface area (Å²) in [4.78, 5) is 0.187. The molecule has 2 heterocycles. The lowest BCUT2D eigenvalue weighted by atomic mass is 10.3. The minimum Gasteiger partial charge on any atom is -0.204 e. The van der Waals surface area contributed by atoms with Crippen LogP contribution in [0.4, 0.5) is 4.39 Å². The summed E-state index contributed by atoms with van der Waals surface area (Å²) in [6.45, 7) is 0. The molecule has 4 heteroatoms. The smallest absolute Gasteiger partial charge is 0.160 e. The van der Waals surface area contributed by atoms with Gasteiger partial charge in [0.2, 0.25) is 0 Å². The molecule has 0 N–H and O–H groups in total. The molecule has 0 unspecified atom stereocenters. The average molecular weight is 183 g/mol. The lowest BCUT2D eigenvalue weighted by Crippen LogP contribution is -1.69. The minimum atomic E-state index is -0.367. The van der Waals surface area contributed by atoms with Gasteiger partial charge in [-0.1, -0.05) is 0 Å². The predicted molar refractivity (Wildman–Crippen MR) is 44.4 cm³/mol. The molecule has 1 nitrogen and oxygen atoms in total. The van der Waals surface area contributed by atoms with E-state index < -0.39 is 0 Å². The van der Waals surface area contributed by atoms with Gasteiger partial charge in [-0.2, -0.15) is 5.26 Å². The second kappa shape index (κ2) is 2.29. The van der Waals surface area contributed by atoms with Gasteiger partial charge in [0.15, 0.2) is 5.82 Å². The van der Waals surface area contributed by atoms with E-state index in [1.807, 2.05) is 11.4 Å². The van der Waals surface area contributed by atoms with Gasteiger partial charge < -0.3 is 0 Å². The van der Waals surface area contributed by atoms with Crippen LogP contribution in [0, 0.1) is 17.1 Å². The van der Waals surface area contributed by atoms with Gasteiger partial charge in [-0.25, -0.2) is 4.39 Å². The van der Waals surface area contributed by atoms with E-state index in [4.69, 9.17) is 5.26 Å². The highest BCUT2D eigenvalue weighted by Gasteiger charge is 2.11. The molecular weight excluding hydrogens is 181 g/mol. The van der Waals surface area contributed by atoms with Crippen molar-refractivity contribution in [1.82, 2.24) is 0 Å². The van der Waals surface area contributed by atoms with Gasteiger partial charge >= 0.3 is 0 Å². The molecule has 0 atom stereocenters. The monoisotopic (exact) mass is 183 g/mol. The summed E-state index contributed by atoms with van der Waals surface area (Å²) in [5, 5.41) is 10.9. The van der Waals surface area contributed by atoms with Gasteiger partial charge in [0.05, 0.1) is 4.01 Å². The molecule has 0 spiro atoms. The van der Waals surface area contributed by atoms with Crippen LogP contribution < -0.4 is 0 Å². The molecule has 0 radical (unpaired) electrons. The fraction of sp³-hybridized carbons (Fsp3) is 0. The van der Waals surface area contributed by atoms with E-state index >= 15 is 0 Å². The van der Waals surface area contributed by atoms with Crippen LogP contribution in [-0.4, -0.2) is 0 Å². The van der Waals surface area contributed by atoms with Crippen molar-refractivity contribution in [1.29, 1.82) is 5.26 Å². The summed E-state index contributed by atoms with van der Waals surface area (Å²) < 4.78 is 13.9.